The molecule has 2 aliphatic heterocycles. The van der Waals surface area contributed by atoms with Gasteiger partial charge in [0, 0.05) is 38.2 Å². The predicted molar refractivity (Wildman–Crippen MR) is 90.3 cm³/mol. The number of hydrogen-bond donors (Lipinski definition) is 0. The van der Waals surface area contributed by atoms with Gasteiger partial charge in [0.1, 0.15) is 0 Å². The van der Waals surface area contributed by atoms with Crippen LogP contribution in [0.15, 0.2) is 48.8 Å². The Morgan fingerprint density at radius 1 is 1.17 bits per heavy atom. The standard InChI is InChI=1S/C19H21N3O/c1-21-17-6-3-2-5-16(17)19(18(21)23)9-4-12-22(14-19)13-15-7-10-20-11-8-15/h2-3,5-8,10-11H,4,9,12-14H2,1H3. The molecule has 3 heterocycles. The van der Waals surface area contributed by atoms with E-state index in [1.54, 1.807) is 0 Å². The highest BCUT2D eigenvalue weighted by molar-refractivity contribution is 6.08. The Kier molecular flexibility index (Phi) is 3.42. The minimum atomic E-state index is -0.364. The van der Waals surface area contributed by atoms with E-state index in [9.17, 15) is 4.79 Å². The van der Waals surface area contributed by atoms with Crippen molar-refractivity contribution in [1.29, 1.82) is 0 Å². The van der Waals surface area contributed by atoms with Gasteiger partial charge in [-0.25, -0.2) is 0 Å². The minimum absolute atomic E-state index is 0.248. The summed E-state index contributed by atoms with van der Waals surface area (Å²) in [7, 11) is 1.90. The van der Waals surface area contributed by atoms with E-state index in [0.29, 0.717) is 0 Å². The van der Waals surface area contributed by atoms with Crippen molar-refractivity contribution in [3.63, 3.8) is 0 Å². The Morgan fingerprint density at radius 2 is 1.96 bits per heavy atom. The van der Waals surface area contributed by atoms with Crippen LogP contribution in [0.1, 0.15) is 24.0 Å². The van der Waals surface area contributed by atoms with Gasteiger partial charge < -0.3 is 4.90 Å². The lowest BCUT2D eigenvalue weighted by molar-refractivity contribution is -0.125. The third-order valence-corrected chi connectivity index (χ3v) is 5.22. The normalized spacial score (nSPS) is 24.2. The van der Waals surface area contributed by atoms with E-state index >= 15 is 0 Å². The molecule has 0 aliphatic carbocycles. The molecule has 0 radical (unpaired) electrons. The number of anilines is 1. The van der Waals surface area contributed by atoms with Gasteiger partial charge in [-0.2, -0.15) is 0 Å². The van der Waals surface area contributed by atoms with Crippen LogP contribution in [0.25, 0.3) is 0 Å². The highest BCUT2D eigenvalue weighted by atomic mass is 16.2. The number of para-hydroxylation sites is 1. The number of benzene rings is 1. The number of carbonyl (C=O) groups is 1. The van der Waals surface area contributed by atoms with Gasteiger partial charge in [-0.1, -0.05) is 18.2 Å². The molecule has 2 aliphatic rings. The van der Waals surface area contributed by atoms with Crippen molar-refractivity contribution in [1.82, 2.24) is 9.88 Å². The zero-order valence-electron chi connectivity index (χ0n) is 13.4. The molecule has 4 rings (SSSR count). The second-order valence-electron chi connectivity index (χ2n) is 6.63. The molecule has 1 aromatic carbocycles. The zero-order chi connectivity index (χ0) is 15.9. The Labute approximate surface area is 136 Å². The van der Waals surface area contributed by atoms with Crippen molar-refractivity contribution in [3.05, 3.63) is 59.9 Å². The second-order valence-corrected chi connectivity index (χ2v) is 6.63. The van der Waals surface area contributed by atoms with E-state index < -0.39 is 0 Å². The van der Waals surface area contributed by atoms with Gasteiger partial charge in [-0.05, 0) is 48.7 Å². The lowest BCUT2D eigenvalue weighted by Gasteiger charge is -2.39. The fourth-order valence-electron chi connectivity index (χ4n) is 4.14. The van der Waals surface area contributed by atoms with Crippen molar-refractivity contribution in [2.75, 3.05) is 25.0 Å². The molecule has 0 N–H and O–H groups in total. The smallest absolute Gasteiger partial charge is 0.238 e. The minimum Gasteiger partial charge on any atom is -0.314 e. The fraction of sp³-hybridized carbons (Fsp3) is 0.368. The Morgan fingerprint density at radius 3 is 2.78 bits per heavy atom. The highest BCUT2D eigenvalue weighted by Gasteiger charge is 2.51. The Hall–Kier alpha value is -2.20. The van der Waals surface area contributed by atoms with Crippen molar-refractivity contribution in [3.8, 4) is 0 Å². The van der Waals surface area contributed by atoms with E-state index in [2.05, 4.69) is 40.2 Å². The molecule has 1 atom stereocenters. The highest BCUT2D eigenvalue weighted by Crippen LogP contribution is 2.46. The summed E-state index contributed by atoms with van der Waals surface area (Å²) in [5.74, 6) is 0.248. The number of likely N-dealkylation sites (N-methyl/N-ethyl adjacent to an activating group) is 1. The fourth-order valence-corrected chi connectivity index (χ4v) is 4.14. The van der Waals surface area contributed by atoms with Gasteiger partial charge in [0.15, 0.2) is 0 Å². The number of fused-ring (bicyclic) bond motifs is 2. The first-order valence-electron chi connectivity index (χ1n) is 8.20. The summed E-state index contributed by atoms with van der Waals surface area (Å²) in [5.41, 5.74) is 3.16. The van der Waals surface area contributed by atoms with Crippen LogP contribution in [0, 0.1) is 0 Å². The molecular weight excluding hydrogens is 286 g/mol. The van der Waals surface area contributed by atoms with E-state index in [1.165, 1.54) is 11.1 Å². The maximum Gasteiger partial charge on any atom is 0.238 e. The second kappa shape index (κ2) is 5.46. The summed E-state index contributed by atoms with van der Waals surface area (Å²) >= 11 is 0. The van der Waals surface area contributed by atoms with E-state index in [4.69, 9.17) is 0 Å². The molecule has 23 heavy (non-hydrogen) atoms. The molecule has 2 aromatic rings. The van der Waals surface area contributed by atoms with Gasteiger partial charge in [-0.15, -0.1) is 0 Å². The average molecular weight is 307 g/mol. The number of aromatic nitrogens is 1. The third-order valence-electron chi connectivity index (χ3n) is 5.22. The van der Waals surface area contributed by atoms with Crippen molar-refractivity contribution in [2.24, 2.45) is 0 Å². The summed E-state index contributed by atoms with van der Waals surface area (Å²) in [6.07, 6.45) is 5.66. The number of amides is 1. The molecule has 1 fully saturated rings. The lowest BCUT2D eigenvalue weighted by atomic mass is 9.75. The number of likely N-dealkylation sites (tertiary alicyclic amines) is 1. The molecule has 0 saturated carbocycles. The van der Waals surface area contributed by atoms with Crippen LogP contribution >= 0.6 is 0 Å². The molecule has 4 nitrogen and oxygen atoms in total. The molecule has 1 saturated heterocycles. The summed E-state index contributed by atoms with van der Waals surface area (Å²) in [6.45, 7) is 2.72. The predicted octanol–water partition coefficient (Wildman–Crippen LogP) is 2.59. The van der Waals surface area contributed by atoms with E-state index in [1.807, 2.05) is 30.4 Å². The molecular formula is C19H21N3O. The molecule has 118 valence electrons. The Bertz CT molecular complexity index is 730. The van der Waals surface area contributed by atoms with Crippen LogP contribution in [0.4, 0.5) is 5.69 Å². The molecule has 0 bridgehead atoms. The first-order chi connectivity index (χ1) is 11.2. The van der Waals surface area contributed by atoms with E-state index in [0.717, 1.165) is 38.2 Å². The van der Waals surface area contributed by atoms with Gasteiger partial charge >= 0.3 is 0 Å². The number of piperidine rings is 1. The molecule has 1 aromatic heterocycles. The largest absolute Gasteiger partial charge is 0.314 e. The van der Waals surface area contributed by atoms with Crippen LogP contribution in [0.5, 0.6) is 0 Å². The maximum absolute atomic E-state index is 13.0. The quantitative estimate of drug-likeness (QED) is 0.855. The van der Waals surface area contributed by atoms with Crippen LogP contribution in [-0.2, 0) is 16.8 Å². The van der Waals surface area contributed by atoms with Crippen LogP contribution in [0.2, 0.25) is 0 Å². The zero-order valence-corrected chi connectivity index (χ0v) is 13.4. The van der Waals surface area contributed by atoms with Crippen molar-refractivity contribution < 1.29 is 4.79 Å². The van der Waals surface area contributed by atoms with Gasteiger partial charge in [-0.3, -0.25) is 14.7 Å². The SMILES string of the molecule is CN1C(=O)C2(CCCN(Cc3ccncc3)C2)c2ccccc21. The van der Waals surface area contributed by atoms with Crippen molar-refractivity contribution in [2.45, 2.75) is 24.8 Å². The third kappa shape index (κ3) is 2.25. The number of pyridine rings is 1. The first kappa shape index (κ1) is 14.4. The number of carbonyl (C=O) groups excluding carboxylic acids is 1. The molecule has 1 spiro atoms. The topological polar surface area (TPSA) is 36.4 Å². The average Bonchev–Trinajstić information content (AvgIpc) is 2.79. The first-order valence-corrected chi connectivity index (χ1v) is 8.20. The molecule has 1 amide bonds. The summed E-state index contributed by atoms with van der Waals surface area (Å²) in [4.78, 5) is 21.4. The summed E-state index contributed by atoms with van der Waals surface area (Å²) < 4.78 is 0. The van der Waals surface area contributed by atoms with Crippen LogP contribution in [-0.4, -0.2) is 35.9 Å². The maximum atomic E-state index is 13.0. The summed E-state index contributed by atoms with van der Waals surface area (Å²) in [5, 5.41) is 0. The monoisotopic (exact) mass is 307 g/mol. The van der Waals surface area contributed by atoms with Gasteiger partial charge in [0.05, 0.1) is 5.41 Å². The van der Waals surface area contributed by atoms with Gasteiger partial charge in [0.2, 0.25) is 5.91 Å². The molecule has 1 unspecified atom stereocenters. The van der Waals surface area contributed by atoms with Crippen molar-refractivity contribution >= 4 is 11.6 Å². The molecule has 4 heteroatoms. The number of rotatable bonds is 2. The van der Waals surface area contributed by atoms with E-state index in [-0.39, 0.29) is 11.3 Å². The number of nitrogens with zero attached hydrogens (tertiary/aromatic N) is 3. The number of hydrogen-bond acceptors (Lipinski definition) is 3. The van der Waals surface area contributed by atoms with Crippen LogP contribution < -0.4 is 4.90 Å². The lowest BCUT2D eigenvalue weighted by Crippen LogP contribution is -2.51. The summed E-state index contributed by atoms with van der Waals surface area (Å²) in [6, 6.07) is 12.4. The van der Waals surface area contributed by atoms with Crippen LogP contribution in [0.3, 0.4) is 0 Å². The van der Waals surface area contributed by atoms with Gasteiger partial charge in [0.25, 0.3) is 0 Å². The Balaban J connectivity index is 1.65.